The summed E-state index contributed by atoms with van der Waals surface area (Å²) in [6.07, 6.45) is -1.09. The Morgan fingerprint density at radius 1 is 1.31 bits per heavy atom. The summed E-state index contributed by atoms with van der Waals surface area (Å²) in [4.78, 5) is 1.94. The number of morpholine rings is 1. The van der Waals surface area contributed by atoms with E-state index in [0.29, 0.717) is 37.6 Å². The fourth-order valence-electron chi connectivity index (χ4n) is 1.49. The van der Waals surface area contributed by atoms with Gasteiger partial charge in [0.05, 0.1) is 13.2 Å². The molecule has 0 aromatic carbocycles. The fourth-order valence-corrected chi connectivity index (χ4v) is 1.49. The number of hydrogen-bond acceptors (Lipinski definition) is 2. The zero-order chi connectivity index (χ0) is 12.1. The molecule has 0 aromatic rings. The highest BCUT2D eigenvalue weighted by Crippen LogP contribution is 2.20. The Morgan fingerprint density at radius 3 is 2.31 bits per heavy atom. The van der Waals surface area contributed by atoms with Gasteiger partial charge < -0.3 is 9.64 Å². The van der Waals surface area contributed by atoms with Crippen molar-refractivity contribution in [2.75, 3.05) is 26.3 Å². The van der Waals surface area contributed by atoms with Crippen molar-refractivity contribution in [1.82, 2.24) is 4.90 Å². The summed E-state index contributed by atoms with van der Waals surface area (Å²) in [5.74, 6) is 0. The molecule has 2 nitrogen and oxygen atoms in total. The molecule has 1 aliphatic rings. The highest BCUT2D eigenvalue weighted by atomic mass is 19.3. The van der Waals surface area contributed by atoms with Gasteiger partial charge in [-0.25, -0.2) is 8.78 Å². The lowest BCUT2D eigenvalue weighted by Gasteiger charge is -2.29. The molecule has 1 aliphatic heterocycles. The number of alkyl halides is 2. The van der Waals surface area contributed by atoms with Crippen LogP contribution in [0.2, 0.25) is 0 Å². The Balaban J connectivity index is 2.71. The molecule has 1 rings (SSSR count). The van der Waals surface area contributed by atoms with Gasteiger partial charge in [0, 0.05) is 24.4 Å². The van der Waals surface area contributed by atoms with Crippen molar-refractivity contribution in [3.63, 3.8) is 0 Å². The molecule has 16 heavy (non-hydrogen) atoms. The Morgan fingerprint density at radius 2 is 1.88 bits per heavy atom. The highest BCUT2D eigenvalue weighted by Gasteiger charge is 2.15. The summed E-state index contributed by atoms with van der Waals surface area (Å²) in [5.41, 5.74) is 0.933. The van der Waals surface area contributed by atoms with Gasteiger partial charge in [0.25, 0.3) is 6.43 Å². The quantitative estimate of drug-likeness (QED) is 0.687. The van der Waals surface area contributed by atoms with Gasteiger partial charge in [0.1, 0.15) is 0 Å². The minimum absolute atomic E-state index is 0.0449. The molecule has 0 radical (unpaired) electrons. The molecule has 0 bridgehead atoms. The summed E-state index contributed by atoms with van der Waals surface area (Å²) < 4.78 is 30.5. The van der Waals surface area contributed by atoms with Crippen LogP contribution in [0, 0.1) is 0 Å². The van der Waals surface area contributed by atoms with E-state index in [-0.39, 0.29) is 5.57 Å². The first-order valence-electron chi connectivity index (χ1n) is 5.19. The SMILES string of the molecule is C=C(C)/C(=C\C(=C)N1CCOCC1)C(F)F. The third-order valence-corrected chi connectivity index (χ3v) is 2.47. The molecule has 90 valence electrons. The molecule has 1 heterocycles. The molecule has 0 aromatic heterocycles. The van der Waals surface area contributed by atoms with Crippen molar-refractivity contribution < 1.29 is 13.5 Å². The van der Waals surface area contributed by atoms with E-state index < -0.39 is 6.43 Å². The van der Waals surface area contributed by atoms with E-state index >= 15 is 0 Å². The largest absolute Gasteiger partial charge is 0.378 e. The van der Waals surface area contributed by atoms with Crippen molar-refractivity contribution >= 4 is 0 Å². The molecule has 0 N–H and O–H groups in total. The summed E-state index contributed by atoms with van der Waals surface area (Å²) >= 11 is 0. The lowest BCUT2D eigenvalue weighted by molar-refractivity contribution is 0.0554. The predicted molar refractivity (Wildman–Crippen MR) is 60.4 cm³/mol. The fraction of sp³-hybridized carbons (Fsp3) is 0.500. The summed E-state index contributed by atoms with van der Waals surface area (Å²) in [6.45, 7) is 11.5. The van der Waals surface area contributed by atoms with Gasteiger partial charge >= 0.3 is 0 Å². The van der Waals surface area contributed by atoms with Gasteiger partial charge in [0.15, 0.2) is 0 Å². The Bertz CT molecular complexity index is 304. The van der Waals surface area contributed by atoms with Crippen molar-refractivity contribution in [3.05, 3.63) is 36.1 Å². The molecule has 1 fully saturated rings. The molecule has 0 spiro atoms. The van der Waals surface area contributed by atoms with Crippen LogP contribution in [-0.2, 0) is 4.74 Å². The van der Waals surface area contributed by atoms with E-state index in [1.165, 1.54) is 6.08 Å². The van der Waals surface area contributed by atoms with Crippen LogP contribution in [0.25, 0.3) is 0 Å². The number of rotatable bonds is 4. The number of allylic oxidation sites excluding steroid dienone is 3. The number of halogens is 2. The Hall–Kier alpha value is -1.16. The molecule has 0 saturated carbocycles. The van der Waals surface area contributed by atoms with Crippen molar-refractivity contribution in [3.8, 4) is 0 Å². The molecule has 1 saturated heterocycles. The Kier molecular flexibility index (Phi) is 4.68. The van der Waals surface area contributed by atoms with Crippen LogP contribution < -0.4 is 0 Å². The predicted octanol–water partition coefficient (Wildman–Crippen LogP) is 2.60. The first kappa shape index (κ1) is 12.9. The van der Waals surface area contributed by atoms with E-state index in [4.69, 9.17) is 4.74 Å². The van der Waals surface area contributed by atoms with E-state index in [1.807, 2.05) is 4.90 Å². The third kappa shape index (κ3) is 3.45. The monoisotopic (exact) mass is 229 g/mol. The second-order valence-corrected chi connectivity index (χ2v) is 3.77. The van der Waals surface area contributed by atoms with Crippen LogP contribution in [0.5, 0.6) is 0 Å². The molecule has 0 amide bonds. The van der Waals surface area contributed by atoms with Gasteiger partial charge in [-0.3, -0.25) is 0 Å². The normalized spacial score (nSPS) is 17.8. The first-order chi connectivity index (χ1) is 7.52. The summed E-state index contributed by atoms with van der Waals surface area (Å²) in [6, 6.07) is 0. The van der Waals surface area contributed by atoms with Gasteiger partial charge in [-0.2, -0.15) is 0 Å². The van der Waals surface area contributed by atoms with Gasteiger partial charge in [-0.1, -0.05) is 13.2 Å². The van der Waals surface area contributed by atoms with Crippen LogP contribution in [-0.4, -0.2) is 37.6 Å². The number of nitrogens with zero attached hydrogens (tertiary/aromatic N) is 1. The average Bonchev–Trinajstić information content (AvgIpc) is 2.25. The minimum atomic E-state index is -2.50. The van der Waals surface area contributed by atoms with Gasteiger partial charge in [0.2, 0.25) is 0 Å². The maximum atomic E-state index is 12.7. The van der Waals surface area contributed by atoms with Crippen molar-refractivity contribution in [2.24, 2.45) is 0 Å². The zero-order valence-corrected chi connectivity index (χ0v) is 9.51. The van der Waals surface area contributed by atoms with E-state index in [9.17, 15) is 8.78 Å². The summed E-state index contributed by atoms with van der Waals surface area (Å²) in [5, 5.41) is 0. The molecular formula is C12H17F2NO. The standard InChI is InChI=1S/C12H17F2NO/c1-9(2)11(12(13)14)8-10(3)15-4-6-16-7-5-15/h8,12H,1,3-7H2,2H3/b11-8+. The molecule has 0 unspecified atom stereocenters. The third-order valence-electron chi connectivity index (χ3n) is 2.47. The minimum Gasteiger partial charge on any atom is -0.378 e. The molecule has 4 heteroatoms. The number of ether oxygens (including phenoxy) is 1. The van der Waals surface area contributed by atoms with Crippen LogP contribution in [0.15, 0.2) is 36.1 Å². The first-order valence-corrected chi connectivity index (χ1v) is 5.19. The molecule has 0 atom stereocenters. The van der Waals surface area contributed by atoms with Crippen molar-refractivity contribution in [1.29, 1.82) is 0 Å². The van der Waals surface area contributed by atoms with Crippen LogP contribution in [0.1, 0.15) is 6.92 Å². The molecule has 0 aliphatic carbocycles. The lowest BCUT2D eigenvalue weighted by atomic mass is 10.1. The van der Waals surface area contributed by atoms with Gasteiger partial charge in [-0.15, -0.1) is 0 Å². The average molecular weight is 229 g/mol. The van der Waals surface area contributed by atoms with Gasteiger partial charge in [-0.05, 0) is 18.6 Å². The second-order valence-electron chi connectivity index (χ2n) is 3.77. The second kappa shape index (κ2) is 5.80. The topological polar surface area (TPSA) is 12.5 Å². The van der Waals surface area contributed by atoms with Crippen LogP contribution >= 0.6 is 0 Å². The highest BCUT2D eigenvalue weighted by molar-refractivity contribution is 5.34. The van der Waals surface area contributed by atoms with Crippen molar-refractivity contribution in [2.45, 2.75) is 13.3 Å². The Labute approximate surface area is 94.9 Å². The number of hydrogen-bond donors (Lipinski definition) is 0. The zero-order valence-electron chi connectivity index (χ0n) is 9.51. The maximum absolute atomic E-state index is 12.7. The van der Waals surface area contributed by atoms with E-state index in [0.717, 1.165) is 0 Å². The smallest absolute Gasteiger partial charge is 0.264 e. The van der Waals surface area contributed by atoms with Crippen LogP contribution in [0.3, 0.4) is 0 Å². The summed E-state index contributed by atoms with van der Waals surface area (Å²) in [7, 11) is 0. The maximum Gasteiger partial charge on any atom is 0.264 e. The molecular weight excluding hydrogens is 212 g/mol. The lowest BCUT2D eigenvalue weighted by Crippen LogP contribution is -2.34. The van der Waals surface area contributed by atoms with Crippen LogP contribution in [0.4, 0.5) is 8.78 Å². The van der Waals surface area contributed by atoms with E-state index in [1.54, 1.807) is 6.92 Å². The van der Waals surface area contributed by atoms with E-state index in [2.05, 4.69) is 13.2 Å².